The highest BCUT2D eigenvalue weighted by atomic mass is 35.5. The molecule has 0 atom stereocenters. The zero-order chi connectivity index (χ0) is 11.7. The van der Waals surface area contributed by atoms with Gasteiger partial charge in [-0.2, -0.15) is 0 Å². The number of aliphatic imine (C=N–C) groups is 1. The van der Waals surface area contributed by atoms with E-state index in [0.29, 0.717) is 6.54 Å². The van der Waals surface area contributed by atoms with Crippen molar-refractivity contribution < 1.29 is 0 Å². The van der Waals surface area contributed by atoms with Crippen LogP contribution in [-0.4, -0.2) is 43.0 Å². The summed E-state index contributed by atoms with van der Waals surface area (Å²) in [6.45, 7) is 8.06. The van der Waals surface area contributed by atoms with E-state index in [1.807, 2.05) is 0 Å². The number of halogens is 1. The Hall–Kier alpha value is -1.01. The van der Waals surface area contributed by atoms with Gasteiger partial charge in [0.05, 0.1) is 0 Å². The molecular weight excluding hydrogens is 228 g/mol. The highest BCUT2D eigenvalue weighted by molar-refractivity contribution is 5.95. The molecule has 0 aromatic carbocycles. The fraction of sp³-hybridized carbons (Fsp3) is 0.778. The van der Waals surface area contributed by atoms with Crippen LogP contribution in [0.3, 0.4) is 0 Å². The van der Waals surface area contributed by atoms with Crippen LogP contribution in [-0.2, 0) is 0 Å². The number of rotatable bonds is 6. The van der Waals surface area contributed by atoms with Crippen LogP contribution in [0.15, 0.2) is 4.99 Å². The first-order valence-corrected chi connectivity index (χ1v) is 5.23. The first kappa shape index (κ1) is 17.4. The molecule has 0 bridgehead atoms. The highest BCUT2D eigenvalue weighted by Gasteiger charge is 1.97. The van der Waals surface area contributed by atoms with Gasteiger partial charge in [-0.3, -0.25) is 15.7 Å². The summed E-state index contributed by atoms with van der Waals surface area (Å²) in [5.41, 5.74) is 10.6. The van der Waals surface area contributed by atoms with Gasteiger partial charge >= 0.3 is 0 Å². The van der Waals surface area contributed by atoms with Crippen LogP contribution < -0.4 is 16.8 Å². The third kappa shape index (κ3) is 9.54. The first-order chi connectivity index (χ1) is 7.10. The van der Waals surface area contributed by atoms with Gasteiger partial charge in [0.25, 0.3) is 0 Å². The van der Waals surface area contributed by atoms with Crippen molar-refractivity contribution in [3.63, 3.8) is 0 Å². The summed E-state index contributed by atoms with van der Waals surface area (Å²) in [5, 5.41) is 9.36. The average molecular weight is 251 g/mol. The predicted octanol–water partition coefficient (Wildman–Crippen LogP) is -0.0621. The molecule has 0 saturated heterocycles. The Morgan fingerprint density at radius 3 is 2.31 bits per heavy atom. The van der Waals surface area contributed by atoms with Crippen LogP contribution in [0.5, 0.6) is 0 Å². The number of nitrogens with zero attached hydrogens (tertiary/aromatic N) is 2. The maximum Gasteiger partial charge on any atom is 0.195 e. The van der Waals surface area contributed by atoms with Crippen molar-refractivity contribution in [3.05, 3.63) is 0 Å². The van der Waals surface area contributed by atoms with Gasteiger partial charge in [0.1, 0.15) is 0 Å². The van der Waals surface area contributed by atoms with E-state index in [0.717, 1.165) is 26.1 Å². The molecule has 7 heteroatoms. The van der Waals surface area contributed by atoms with E-state index in [2.05, 4.69) is 29.1 Å². The van der Waals surface area contributed by atoms with E-state index in [4.69, 9.17) is 16.9 Å². The van der Waals surface area contributed by atoms with Crippen LogP contribution in [0, 0.1) is 5.41 Å². The largest absolute Gasteiger partial charge is 0.370 e. The van der Waals surface area contributed by atoms with Crippen molar-refractivity contribution in [1.29, 1.82) is 5.41 Å². The van der Waals surface area contributed by atoms with Gasteiger partial charge in [-0.15, -0.1) is 12.4 Å². The summed E-state index contributed by atoms with van der Waals surface area (Å²) < 4.78 is 0. The molecule has 0 radical (unpaired) electrons. The Morgan fingerprint density at radius 1 is 1.31 bits per heavy atom. The molecule has 0 fully saturated rings. The molecule has 0 aliphatic heterocycles. The van der Waals surface area contributed by atoms with E-state index in [1.54, 1.807) is 0 Å². The lowest BCUT2D eigenvalue weighted by Gasteiger charge is -2.16. The van der Waals surface area contributed by atoms with E-state index in [9.17, 15) is 0 Å². The van der Waals surface area contributed by atoms with Gasteiger partial charge in [0.15, 0.2) is 11.9 Å². The molecule has 0 rings (SSSR count). The molecule has 0 saturated carbocycles. The zero-order valence-electron chi connectivity index (χ0n) is 9.99. The second-order valence-electron chi connectivity index (χ2n) is 3.19. The second-order valence-corrected chi connectivity index (χ2v) is 3.19. The topological polar surface area (TPSA) is 104 Å². The third-order valence-electron chi connectivity index (χ3n) is 2.07. The van der Waals surface area contributed by atoms with Crippen LogP contribution in [0.2, 0.25) is 0 Å². The molecule has 16 heavy (non-hydrogen) atoms. The standard InChI is InChI=1S/C9H22N6.ClH/c1-3-15(4-2)7-5-6-13-9(12)14-8(10)11;/h3-7H2,1-2H3,(H6,10,11,12,13,14);1H. The van der Waals surface area contributed by atoms with E-state index < -0.39 is 0 Å². The molecule has 6 N–H and O–H groups in total. The molecular formula is C9H23ClN6. The van der Waals surface area contributed by atoms with Crippen LogP contribution in [0.4, 0.5) is 0 Å². The fourth-order valence-electron chi connectivity index (χ4n) is 1.21. The summed E-state index contributed by atoms with van der Waals surface area (Å²) in [6, 6.07) is 0. The minimum absolute atomic E-state index is 0. The minimum Gasteiger partial charge on any atom is -0.370 e. The van der Waals surface area contributed by atoms with Crippen molar-refractivity contribution in [2.75, 3.05) is 26.2 Å². The zero-order valence-corrected chi connectivity index (χ0v) is 10.8. The molecule has 0 heterocycles. The number of nitrogens with two attached hydrogens (primary N) is 2. The lowest BCUT2D eigenvalue weighted by atomic mass is 10.4. The first-order valence-electron chi connectivity index (χ1n) is 5.23. The predicted molar refractivity (Wildman–Crippen MR) is 71.2 cm³/mol. The average Bonchev–Trinajstić information content (AvgIpc) is 2.17. The molecule has 0 unspecified atom stereocenters. The van der Waals surface area contributed by atoms with Gasteiger partial charge in [-0.25, -0.2) is 0 Å². The van der Waals surface area contributed by atoms with E-state index in [1.165, 1.54) is 0 Å². The normalized spacial score (nSPS) is 11.1. The highest BCUT2D eigenvalue weighted by Crippen LogP contribution is 1.90. The Labute approximate surface area is 103 Å². The minimum atomic E-state index is -0.181. The van der Waals surface area contributed by atoms with Gasteiger partial charge in [-0.1, -0.05) is 13.8 Å². The van der Waals surface area contributed by atoms with Crippen LogP contribution >= 0.6 is 12.4 Å². The number of guanidine groups is 2. The SMILES string of the molecule is CCN(CC)CCCN=C(N)NC(=N)N.Cl. The van der Waals surface area contributed by atoms with Gasteiger partial charge < -0.3 is 16.4 Å². The van der Waals surface area contributed by atoms with Crippen LogP contribution in [0.25, 0.3) is 0 Å². The summed E-state index contributed by atoms with van der Waals surface area (Å²) in [7, 11) is 0. The maximum atomic E-state index is 6.93. The molecule has 0 spiro atoms. The van der Waals surface area contributed by atoms with E-state index >= 15 is 0 Å². The Kier molecular flexibility index (Phi) is 11.4. The monoisotopic (exact) mass is 250 g/mol. The summed E-state index contributed by atoms with van der Waals surface area (Å²) in [5.74, 6) is 0.0297. The second kappa shape index (κ2) is 10.5. The maximum absolute atomic E-state index is 6.93. The summed E-state index contributed by atoms with van der Waals surface area (Å²) in [4.78, 5) is 6.36. The van der Waals surface area contributed by atoms with Gasteiger partial charge in [0, 0.05) is 6.54 Å². The molecule has 6 nitrogen and oxygen atoms in total. The number of hydrogen-bond donors (Lipinski definition) is 4. The molecule has 96 valence electrons. The van der Waals surface area contributed by atoms with Crippen LogP contribution in [0.1, 0.15) is 20.3 Å². The molecule has 0 amide bonds. The van der Waals surface area contributed by atoms with Gasteiger partial charge in [-0.05, 0) is 26.1 Å². The molecule has 0 aromatic rings. The fourth-order valence-corrected chi connectivity index (χ4v) is 1.21. The summed E-state index contributed by atoms with van der Waals surface area (Å²) >= 11 is 0. The Balaban J connectivity index is 0. The van der Waals surface area contributed by atoms with Crippen molar-refractivity contribution >= 4 is 24.3 Å². The Morgan fingerprint density at radius 2 is 1.88 bits per heavy atom. The molecule has 0 aliphatic carbocycles. The Bertz CT molecular complexity index is 214. The van der Waals surface area contributed by atoms with Crippen molar-refractivity contribution in [3.8, 4) is 0 Å². The van der Waals surface area contributed by atoms with Gasteiger partial charge in [0.2, 0.25) is 0 Å². The van der Waals surface area contributed by atoms with Crippen molar-refractivity contribution in [2.45, 2.75) is 20.3 Å². The quantitative estimate of drug-likeness (QED) is 0.301. The van der Waals surface area contributed by atoms with E-state index in [-0.39, 0.29) is 24.3 Å². The molecule has 0 aromatic heterocycles. The van der Waals surface area contributed by atoms with Crippen molar-refractivity contribution in [1.82, 2.24) is 10.2 Å². The summed E-state index contributed by atoms with van der Waals surface area (Å²) in [6.07, 6.45) is 0.960. The number of nitrogens with one attached hydrogen (secondary N) is 2. The lowest BCUT2D eigenvalue weighted by Crippen LogP contribution is -2.40. The van der Waals surface area contributed by atoms with Crippen molar-refractivity contribution in [2.24, 2.45) is 16.5 Å². The molecule has 0 aliphatic rings. The number of hydrogen-bond acceptors (Lipinski definition) is 3. The lowest BCUT2D eigenvalue weighted by molar-refractivity contribution is 0.302. The third-order valence-corrected chi connectivity index (χ3v) is 2.07. The smallest absolute Gasteiger partial charge is 0.195 e.